The molecule has 0 radical (unpaired) electrons. The van der Waals surface area contributed by atoms with Gasteiger partial charge < -0.3 is 9.47 Å². The van der Waals surface area contributed by atoms with E-state index in [2.05, 4.69) is 83.5 Å². The number of para-hydroxylation sites is 2. The maximum absolute atomic E-state index is 4.89. The van der Waals surface area contributed by atoms with E-state index < -0.39 is 0 Å². The van der Waals surface area contributed by atoms with Crippen LogP contribution < -0.4 is 0 Å². The van der Waals surface area contributed by atoms with Gasteiger partial charge in [0.15, 0.2) is 0 Å². The van der Waals surface area contributed by atoms with E-state index in [1.807, 2.05) is 22.5 Å². The summed E-state index contributed by atoms with van der Waals surface area (Å²) < 4.78 is 4.28. The third-order valence-corrected chi connectivity index (χ3v) is 5.94. The van der Waals surface area contributed by atoms with Gasteiger partial charge in [0.2, 0.25) is 0 Å². The molecule has 0 aliphatic carbocycles. The topological polar surface area (TPSA) is 51.8 Å². The minimum Gasteiger partial charge on any atom is -0.326 e. The molecule has 4 rings (SSSR count). The van der Waals surface area contributed by atoms with Gasteiger partial charge in [-0.25, -0.2) is 9.67 Å². The fourth-order valence-corrected chi connectivity index (χ4v) is 3.92. The van der Waals surface area contributed by atoms with Crippen molar-refractivity contribution in [2.24, 2.45) is 0 Å². The van der Waals surface area contributed by atoms with Crippen LogP contribution in [0, 0.1) is 0 Å². The van der Waals surface area contributed by atoms with Crippen molar-refractivity contribution in [1.82, 2.24) is 29.4 Å². The van der Waals surface area contributed by atoms with Gasteiger partial charge in [-0.3, -0.25) is 0 Å². The van der Waals surface area contributed by atoms with E-state index >= 15 is 0 Å². The number of thioether (sulfide) groups is 1. The first-order valence-corrected chi connectivity index (χ1v) is 10.9. The summed E-state index contributed by atoms with van der Waals surface area (Å²) in [5.41, 5.74) is 5.43. The highest BCUT2D eigenvalue weighted by Crippen LogP contribution is 2.26. The zero-order valence-electron chi connectivity index (χ0n) is 16.8. The van der Waals surface area contributed by atoms with Crippen molar-refractivity contribution in [2.45, 2.75) is 26.1 Å². The van der Waals surface area contributed by atoms with Gasteiger partial charge in [-0.15, -0.1) is 5.10 Å². The zero-order valence-corrected chi connectivity index (χ0v) is 17.6. The number of hydrogen-bond acceptors (Lipinski definition) is 5. The first kappa shape index (κ1) is 19.0. The third-order valence-electron chi connectivity index (χ3n) is 5.35. The SMILES string of the molecule is CSCCn1c(Cn2nnc3c(C(C)N(C)C)cccc32)nc2ccccc21. The molecule has 0 N–H and O–H groups in total. The Balaban J connectivity index is 1.76. The second kappa shape index (κ2) is 7.93. The van der Waals surface area contributed by atoms with Crippen molar-refractivity contribution in [1.29, 1.82) is 0 Å². The first-order valence-electron chi connectivity index (χ1n) is 9.51. The van der Waals surface area contributed by atoms with Crippen molar-refractivity contribution >= 4 is 33.8 Å². The summed E-state index contributed by atoms with van der Waals surface area (Å²) in [6, 6.07) is 14.9. The number of aromatic nitrogens is 5. The van der Waals surface area contributed by atoms with Crippen LogP contribution in [0.4, 0.5) is 0 Å². The van der Waals surface area contributed by atoms with E-state index in [0.29, 0.717) is 6.54 Å². The molecule has 0 aliphatic rings. The summed E-state index contributed by atoms with van der Waals surface area (Å²) in [6.07, 6.45) is 2.14. The normalized spacial score (nSPS) is 13.0. The number of aryl methyl sites for hydroxylation is 1. The predicted molar refractivity (Wildman–Crippen MR) is 117 cm³/mol. The van der Waals surface area contributed by atoms with Crippen LogP contribution in [-0.2, 0) is 13.1 Å². The third kappa shape index (κ3) is 3.40. The minimum atomic E-state index is 0.278. The fraction of sp³-hybridized carbons (Fsp3) is 0.381. The highest BCUT2D eigenvalue weighted by Gasteiger charge is 2.17. The smallest absolute Gasteiger partial charge is 0.131 e. The molecule has 146 valence electrons. The van der Waals surface area contributed by atoms with Gasteiger partial charge in [0, 0.05) is 18.3 Å². The number of hydrogen-bond donors (Lipinski definition) is 0. The number of nitrogens with zero attached hydrogens (tertiary/aromatic N) is 6. The molecule has 1 unspecified atom stereocenters. The van der Waals surface area contributed by atoms with Crippen LogP contribution >= 0.6 is 11.8 Å². The lowest BCUT2D eigenvalue weighted by Gasteiger charge is -2.20. The Labute approximate surface area is 169 Å². The lowest BCUT2D eigenvalue weighted by Crippen LogP contribution is -2.17. The summed E-state index contributed by atoms with van der Waals surface area (Å²) in [7, 11) is 4.17. The lowest BCUT2D eigenvalue weighted by atomic mass is 10.1. The lowest BCUT2D eigenvalue weighted by molar-refractivity contribution is 0.322. The molecule has 1 atom stereocenters. The number of rotatable bonds is 7. The number of fused-ring (bicyclic) bond motifs is 2. The van der Waals surface area contributed by atoms with Crippen LogP contribution in [0.25, 0.3) is 22.1 Å². The van der Waals surface area contributed by atoms with Crippen molar-refractivity contribution in [3.63, 3.8) is 0 Å². The average Bonchev–Trinajstić information content (AvgIpc) is 3.27. The van der Waals surface area contributed by atoms with Crippen LogP contribution in [0.1, 0.15) is 24.4 Å². The summed E-state index contributed by atoms with van der Waals surface area (Å²) >= 11 is 1.85. The summed E-state index contributed by atoms with van der Waals surface area (Å²) in [4.78, 5) is 7.08. The van der Waals surface area contributed by atoms with Gasteiger partial charge in [-0.1, -0.05) is 29.5 Å². The van der Waals surface area contributed by atoms with Crippen molar-refractivity contribution < 1.29 is 0 Å². The molecule has 0 saturated heterocycles. The van der Waals surface area contributed by atoms with Gasteiger partial charge in [0.25, 0.3) is 0 Å². The molecule has 0 spiro atoms. The van der Waals surface area contributed by atoms with Crippen molar-refractivity contribution in [3.8, 4) is 0 Å². The van der Waals surface area contributed by atoms with E-state index in [0.717, 1.165) is 34.7 Å². The average molecular weight is 395 g/mol. The standard InChI is InChI=1S/C21H26N6S/c1-15(25(2)3)16-8-7-11-19-21(16)23-24-27(19)14-20-22-17-9-5-6-10-18(17)26(20)12-13-28-4/h5-11,15H,12-14H2,1-4H3. The number of imidazole rings is 1. The molecule has 0 aliphatic heterocycles. The summed E-state index contributed by atoms with van der Waals surface area (Å²) in [5.74, 6) is 2.07. The van der Waals surface area contributed by atoms with E-state index in [4.69, 9.17) is 4.98 Å². The Morgan fingerprint density at radius 1 is 1.07 bits per heavy atom. The molecular weight excluding hydrogens is 368 g/mol. The maximum atomic E-state index is 4.89. The van der Waals surface area contributed by atoms with Gasteiger partial charge in [-0.05, 0) is 51.0 Å². The monoisotopic (exact) mass is 394 g/mol. The molecular formula is C21H26N6S. The van der Waals surface area contributed by atoms with Gasteiger partial charge in [0.05, 0.1) is 16.6 Å². The molecule has 2 heterocycles. The highest BCUT2D eigenvalue weighted by atomic mass is 32.2. The maximum Gasteiger partial charge on any atom is 0.131 e. The highest BCUT2D eigenvalue weighted by molar-refractivity contribution is 7.98. The second-order valence-corrected chi connectivity index (χ2v) is 8.25. The van der Waals surface area contributed by atoms with E-state index in [-0.39, 0.29) is 6.04 Å². The first-order chi connectivity index (χ1) is 13.6. The minimum absolute atomic E-state index is 0.278. The van der Waals surface area contributed by atoms with Crippen molar-refractivity contribution in [2.75, 3.05) is 26.1 Å². The molecule has 0 fully saturated rings. The summed E-state index contributed by atoms with van der Waals surface area (Å²) in [6.45, 7) is 3.74. The summed E-state index contributed by atoms with van der Waals surface area (Å²) in [5, 5.41) is 8.98. The Hall–Kier alpha value is -2.38. The zero-order chi connectivity index (χ0) is 19.7. The van der Waals surface area contributed by atoms with Gasteiger partial charge in [-0.2, -0.15) is 11.8 Å². The van der Waals surface area contributed by atoms with Crippen LogP contribution in [0.3, 0.4) is 0 Å². The second-order valence-electron chi connectivity index (χ2n) is 7.26. The quantitative estimate of drug-likeness (QED) is 0.477. The van der Waals surface area contributed by atoms with Crippen LogP contribution in [0.15, 0.2) is 42.5 Å². The molecule has 6 nitrogen and oxygen atoms in total. The Bertz CT molecular complexity index is 1100. The Morgan fingerprint density at radius 3 is 2.64 bits per heavy atom. The molecule has 2 aromatic heterocycles. The van der Waals surface area contributed by atoms with Gasteiger partial charge in [0.1, 0.15) is 17.9 Å². The Morgan fingerprint density at radius 2 is 1.86 bits per heavy atom. The molecule has 0 bridgehead atoms. The molecule has 0 amide bonds. The van der Waals surface area contributed by atoms with Gasteiger partial charge >= 0.3 is 0 Å². The van der Waals surface area contributed by atoms with Crippen LogP contribution in [0.5, 0.6) is 0 Å². The number of benzene rings is 2. The Kier molecular flexibility index (Phi) is 5.37. The molecule has 4 aromatic rings. The predicted octanol–water partition coefficient (Wildman–Crippen LogP) is 3.81. The van der Waals surface area contributed by atoms with E-state index in [1.54, 1.807) is 0 Å². The van der Waals surface area contributed by atoms with Crippen molar-refractivity contribution in [3.05, 3.63) is 53.9 Å². The van der Waals surface area contributed by atoms with Crippen LogP contribution in [0.2, 0.25) is 0 Å². The molecule has 0 saturated carbocycles. The molecule has 2 aromatic carbocycles. The fourth-order valence-electron chi connectivity index (χ4n) is 3.56. The van der Waals surface area contributed by atoms with E-state index in [1.165, 1.54) is 11.1 Å². The van der Waals surface area contributed by atoms with Crippen LogP contribution in [-0.4, -0.2) is 55.5 Å². The van der Waals surface area contributed by atoms with E-state index in [9.17, 15) is 0 Å². The molecule has 7 heteroatoms. The largest absolute Gasteiger partial charge is 0.326 e. The molecule has 28 heavy (non-hydrogen) atoms.